The summed E-state index contributed by atoms with van der Waals surface area (Å²) >= 11 is 0. The minimum Gasteiger partial charge on any atom is -0.346 e. The van der Waals surface area contributed by atoms with Gasteiger partial charge in [0.1, 0.15) is 12.0 Å². The van der Waals surface area contributed by atoms with Crippen LogP contribution in [0.1, 0.15) is 27.7 Å². The molecule has 13 heteroatoms. The van der Waals surface area contributed by atoms with Crippen LogP contribution in [0.15, 0.2) is 18.3 Å². The maximum atomic E-state index is 13.3. The molecule has 1 aromatic rings. The predicted molar refractivity (Wildman–Crippen MR) is 100 cm³/mol. The summed E-state index contributed by atoms with van der Waals surface area (Å²) in [5.74, 6) is 0.0739. The van der Waals surface area contributed by atoms with Crippen LogP contribution in [0.5, 0.6) is 0 Å². The lowest BCUT2D eigenvalue weighted by Gasteiger charge is -2.31. The Morgan fingerprint density at radius 1 is 1.00 bits per heavy atom. The zero-order valence-electron chi connectivity index (χ0n) is 15.7. The molecule has 0 aromatic carbocycles. The smallest absolute Gasteiger partial charge is 0.346 e. The summed E-state index contributed by atoms with van der Waals surface area (Å²) in [6.07, 6.45) is 1.01. The molecule has 0 atom stereocenters. The van der Waals surface area contributed by atoms with Gasteiger partial charge in [-0.1, -0.05) is 0 Å². The van der Waals surface area contributed by atoms with Gasteiger partial charge in [-0.3, -0.25) is 19.2 Å². The average Bonchev–Trinajstić information content (AvgIpc) is 2.60. The van der Waals surface area contributed by atoms with Gasteiger partial charge < -0.3 is 23.4 Å². The van der Waals surface area contributed by atoms with E-state index in [2.05, 4.69) is 10.3 Å². The van der Waals surface area contributed by atoms with Crippen molar-refractivity contribution in [1.82, 2.24) is 4.98 Å². The Labute approximate surface area is 158 Å². The van der Waals surface area contributed by atoms with E-state index in [1.165, 1.54) is 12.1 Å². The van der Waals surface area contributed by atoms with Crippen molar-refractivity contribution in [3.05, 3.63) is 28.4 Å². The van der Waals surface area contributed by atoms with Crippen molar-refractivity contribution in [3.63, 3.8) is 0 Å². The second-order valence-corrected chi connectivity index (χ2v) is 9.56. The Morgan fingerprint density at radius 2 is 1.44 bits per heavy atom. The van der Waals surface area contributed by atoms with Crippen molar-refractivity contribution in [2.75, 3.05) is 31.7 Å². The van der Waals surface area contributed by atoms with Crippen molar-refractivity contribution >= 4 is 26.7 Å². The first-order valence-electron chi connectivity index (χ1n) is 8.40. The second kappa shape index (κ2) is 10.8. The molecule has 0 aliphatic carbocycles. The van der Waals surface area contributed by atoms with Gasteiger partial charge in [-0.2, -0.15) is 0 Å². The van der Waals surface area contributed by atoms with Crippen molar-refractivity contribution in [1.29, 1.82) is 0 Å². The standard InChI is InChI=1S/C14H25N3O8P2/c1-5-22-26(20,23-6-2)14(27(21,24-7-3)25-8-4)16-13-10-9-12(11-15-13)17(18)19/h9-11,14H,5-8H2,1-4H3,(H,15,16). The summed E-state index contributed by atoms with van der Waals surface area (Å²) in [5.41, 5.74) is -1.73. The van der Waals surface area contributed by atoms with Crippen LogP contribution in [0.2, 0.25) is 0 Å². The molecular formula is C14H25N3O8P2. The number of hydrogen-bond acceptors (Lipinski definition) is 10. The van der Waals surface area contributed by atoms with E-state index in [0.717, 1.165) is 6.20 Å². The van der Waals surface area contributed by atoms with Gasteiger partial charge in [-0.15, -0.1) is 0 Å². The highest BCUT2D eigenvalue weighted by Gasteiger charge is 2.51. The van der Waals surface area contributed by atoms with Crippen LogP contribution in [0.3, 0.4) is 0 Å². The Hall–Kier alpha value is -1.35. The van der Waals surface area contributed by atoms with Gasteiger partial charge in [-0.25, -0.2) is 4.98 Å². The van der Waals surface area contributed by atoms with E-state index in [1.54, 1.807) is 27.7 Å². The fourth-order valence-electron chi connectivity index (χ4n) is 2.12. The first kappa shape index (κ1) is 23.7. The molecule has 0 aliphatic rings. The number of nitro groups is 1. The molecule has 0 spiro atoms. The van der Waals surface area contributed by atoms with Crippen molar-refractivity contribution in [2.45, 2.75) is 33.2 Å². The molecule has 0 amide bonds. The highest BCUT2D eigenvalue weighted by atomic mass is 31.2. The summed E-state index contributed by atoms with van der Waals surface area (Å²) in [6.45, 7) is 6.56. The number of pyridine rings is 1. The van der Waals surface area contributed by atoms with Crippen molar-refractivity contribution in [2.24, 2.45) is 0 Å². The molecule has 0 aliphatic heterocycles. The lowest BCUT2D eigenvalue weighted by atomic mass is 10.4. The first-order valence-corrected chi connectivity index (χ1v) is 11.6. The van der Waals surface area contributed by atoms with Gasteiger partial charge in [0.05, 0.1) is 31.4 Å². The Bertz CT molecular complexity index is 650. The molecule has 0 saturated heterocycles. The summed E-state index contributed by atoms with van der Waals surface area (Å²) in [6, 6.07) is 2.49. The number of hydrogen-bond donors (Lipinski definition) is 1. The molecule has 0 unspecified atom stereocenters. The fraction of sp³-hybridized carbons (Fsp3) is 0.643. The number of nitrogens with one attached hydrogen (secondary N) is 1. The Morgan fingerprint density at radius 3 is 1.74 bits per heavy atom. The van der Waals surface area contributed by atoms with Crippen LogP contribution in [0.4, 0.5) is 11.5 Å². The number of aromatic nitrogens is 1. The lowest BCUT2D eigenvalue weighted by Crippen LogP contribution is -2.26. The van der Waals surface area contributed by atoms with Gasteiger partial charge in [0.25, 0.3) is 5.69 Å². The summed E-state index contributed by atoms with van der Waals surface area (Å²) < 4.78 is 47.9. The topological polar surface area (TPSA) is 139 Å². The molecule has 0 bridgehead atoms. The maximum absolute atomic E-state index is 13.3. The van der Waals surface area contributed by atoms with E-state index in [4.69, 9.17) is 18.1 Å². The van der Waals surface area contributed by atoms with Crippen LogP contribution < -0.4 is 5.32 Å². The third-order valence-electron chi connectivity index (χ3n) is 3.07. The molecule has 0 fully saturated rings. The maximum Gasteiger partial charge on any atom is 0.365 e. The van der Waals surface area contributed by atoms with Crippen LogP contribution in [-0.4, -0.2) is 41.9 Å². The van der Waals surface area contributed by atoms with E-state index < -0.39 is 25.6 Å². The molecule has 1 rings (SSSR count). The van der Waals surface area contributed by atoms with Crippen LogP contribution in [0.25, 0.3) is 0 Å². The van der Waals surface area contributed by atoms with Gasteiger partial charge in [0.15, 0.2) is 0 Å². The first-order chi connectivity index (χ1) is 12.8. The van der Waals surface area contributed by atoms with Crippen LogP contribution >= 0.6 is 15.2 Å². The monoisotopic (exact) mass is 425 g/mol. The fourth-order valence-corrected chi connectivity index (χ4v) is 7.04. The van der Waals surface area contributed by atoms with Crippen molar-refractivity contribution in [3.8, 4) is 0 Å². The minimum absolute atomic E-state index is 0.0292. The number of rotatable bonds is 13. The molecule has 27 heavy (non-hydrogen) atoms. The van der Waals surface area contributed by atoms with Gasteiger partial charge in [-0.05, 0) is 33.8 Å². The highest BCUT2D eigenvalue weighted by Crippen LogP contribution is 2.70. The molecular weight excluding hydrogens is 400 g/mol. The second-order valence-electron chi connectivity index (χ2n) is 4.93. The Balaban J connectivity index is 3.36. The summed E-state index contributed by atoms with van der Waals surface area (Å²) in [7, 11) is -8.01. The van der Waals surface area contributed by atoms with Crippen LogP contribution in [0, 0.1) is 10.1 Å². The summed E-state index contributed by atoms with van der Waals surface area (Å²) in [5, 5.41) is 13.5. The predicted octanol–water partition coefficient (Wildman–Crippen LogP) is 4.22. The zero-order chi connectivity index (χ0) is 20.5. The number of nitrogens with zero attached hydrogens (tertiary/aromatic N) is 2. The molecule has 1 aromatic heterocycles. The molecule has 0 radical (unpaired) electrons. The van der Waals surface area contributed by atoms with Crippen LogP contribution in [-0.2, 0) is 27.2 Å². The SMILES string of the molecule is CCOP(=O)(OCC)C(Nc1ccc([N+](=O)[O-])cn1)P(=O)(OCC)OCC. The molecule has 154 valence electrons. The average molecular weight is 425 g/mol. The van der Waals surface area contributed by atoms with E-state index >= 15 is 0 Å². The quantitative estimate of drug-likeness (QED) is 0.277. The van der Waals surface area contributed by atoms with E-state index in [9.17, 15) is 19.2 Å². The Kier molecular flexibility index (Phi) is 9.52. The zero-order valence-corrected chi connectivity index (χ0v) is 17.5. The number of anilines is 1. The van der Waals surface area contributed by atoms with Gasteiger partial charge in [0, 0.05) is 6.07 Å². The van der Waals surface area contributed by atoms with Gasteiger partial charge in [0.2, 0.25) is 5.52 Å². The third kappa shape index (κ3) is 6.34. The molecule has 0 saturated carbocycles. The largest absolute Gasteiger partial charge is 0.365 e. The van der Waals surface area contributed by atoms with E-state index in [-0.39, 0.29) is 37.9 Å². The van der Waals surface area contributed by atoms with E-state index in [1.807, 2.05) is 0 Å². The lowest BCUT2D eigenvalue weighted by molar-refractivity contribution is -0.385. The molecule has 1 N–H and O–H groups in total. The highest BCUT2D eigenvalue weighted by molar-refractivity contribution is 7.72. The normalized spacial score (nSPS) is 12.3. The van der Waals surface area contributed by atoms with Gasteiger partial charge >= 0.3 is 15.2 Å². The third-order valence-corrected chi connectivity index (χ3v) is 8.70. The molecule has 1 heterocycles. The molecule has 11 nitrogen and oxygen atoms in total. The minimum atomic E-state index is -4.00. The van der Waals surface area contributed by atoms with E-state index in [0.29, 0.717) is 0 Å². The summed E-state index contributed by atoms with van der Waals surface area (Å²) in [4.78, 5) is 14.1. The van der Waals surface area contributed by atoms with Crippen molar-refractivity contribution < 1.29 is 32.1 Å².